The number of hydrogen-bond donors (Lipinski definition) is 1. The van der Waals surface area contributed by atoms with Crippen molar-refractivity contribution >= 4 is 22.4 Å². The molecule has 1 N–H and O–H groups in total. The van der Waals surface area contributed by atoms with Gasteiger partial charge in [-0.05, 0) is 24.8 Å². The van der Waals surface area contributed by atoms with Gasteiger partial charge in [0, 0.05) is 11.6 Å². The van der Waals surface area contributed by atoms with Crippen molar-refractivity contribution in [2.45, 2.75) is 38.5 Å². The van der Waals surface area contributed by atoms with Crippen molar-refractivity contribution in [2.75, 3.05) is 5.32 Å². The Labute approximate surface area is 106 Å². The maximum atomic E-state index is 11.6. The molecule has 0 bridgehead atoms. The van der Waals surface area contributed by atoms with Gasteiger partial charge in [-0.25, -0.2) is 4.98 Å². The van der Waals surface area contributed by atoms with E-state index in [0.29, 0.717) is 11.0 Å². The van der Waals surface area contributed by atoms with Crippen LogP contribution in [0.25, 0.3) is 0 Å². The summed E-state index contributed by atoms with van der Waals surface area (Å²) in [5.74, 6) is 0.517. The number of nitrogens with one attached hydrogen (secondary N) is 1. The van der Waals surface area contributed by atoms with E-state index in [0.717, 1.165) is 0 Å². The third kappa shape index (κ3) is 4.30. The van der Waals surface area contributed by atoms with Crippen molar-refractivity contribution in [1.82, 2.24) is 4.98 Å². The van der Waals surface area contributed by atoms with Gasteiger partial charge in [0.15, 0.2) is 5.13 Å². The van der Waals surface area contributed by atoms with E-state index in [9.17, 15) is 4.79 Å². The third-order valence-corrected chi connectivity index (χ3v) is 3.77. The van der Waals surface area contributed by atoms with Crippen molar-refractivity contribution in [1.29, 1.82) is 0 Å². The molecule has 0 atom stereocenters. The Morgan fingerprint density at radius 2 is 2.12 bits per heavy atom. The zero-order valence-corrected chi connectivity index (χ0v) is 10.7. The van der Waals surface area contributed by atoms with Crippen LogP contribution in [0.2, 0.25) is 0 Å². The van der Waals surface area contributed by atoms with E-state index in [4.69, 9.17) is 0 Å². The van der Waals surface area contributed by atoms with Gasteiger partial charge in [0.2, 0.25) is 5.91 Å². The summed E-state index contributed by atoms with van der Waals surface area (Å²) >= 11 is 1.44. The van der Waals surface area contributed by atoms with E-state index in [1.54, 1.807) is 12.3 Å². The highest BCUT2D eigenvalue weighted by Crippen LogP contribution is 2.23. The topological polar surface area (TPSA) is 42.0 Å². The van der Waals surface area contributed by atoms with Crippen LogP contribution in [-0.4, -0.2) is 10.9 Å². The molecule has 1 aliphatic carbocycles. The van der Waals surface area contributed by atoms with Crippen LogP contribution in [0.4, 0.5) is 5.13 Å². The lowest BCUT2D eigenvalue weighted by atomic mass is 10.00. The lowest BCUT2D eigenvalue weighted by Gasteiger charge is -2.07. The highest BCUT2D eigenvalue weighted by Gasteiger charge is 2.09. The maximum absolute atomic E-state index is 11.6. The number of nitrogens with zero attached hydrogens (tertiary/aromatic N) is 1. The summed E-state index contributed by atoms with van der Waals surface area (Å²) in [6, 6.07) is 0. The summed E-state index contributed by atoms with van der Waals surface area (Å²) in [7, 11) is 0. The number of carbonyl (C=O) groups excluding carboxylic acids is 1. The number of carbonyl (C=O) groups is 1. The fourth-order valence-corrected chi connectivity index (χ4v) is 2.69. The Hall–Kier alpha value is -1.16. The monoisotopic (exact) mass is 250 g/mol. The summed E-state index contributed by atoms with van der Waals surface area (Å²) in [5.41, 5.74) is 0. The van der Waals surface area contributed by atoms with Crippen LogP contribution in [-0.2, 0) is 4.79 Å². The fourth-order valence-electron chi connectivity index (χ4n) is 2.16. The molecule has 0 saturated heterocycles. The summed E-state index contributed by atoms with van der Waals surface area (Å²) in [6.07, 6.45) is 13.1. The Kier molecular flexibility index (Phi) is 4.74. The van der Waals surface area contributed by atoms with Crippen LogP contribution < -0.4 is 5.32 Å². The van der Waals surface area contributed by atoms with Crippen LogP contribution in [0.3, 0.4) is 0 Å². The van der Waals surface area contributed by atoms with E-state index in [-0.39, 0.29) is 5.91 Å². The molecule has 92 valence electrons. The first kappa shape index (κ1) is 12.3. The highest BCUT2D eigenvalue weighted by atomic mass is 32.1. The molecule has 2 rings (SSSR count). The molecule has 0 spiro atoms. The SMILES string of the molecule is O=C(C=CC1CCCCCC1)Nc1nccs1. The van der Waals surface area contributed by atoms with E-state index in [2.05, 4.69) is 16.4 Å². The molecule has 0 aromatic carbocycles. The highest BCUT2D eigenvalue weighted by molar-refractivity contribution is 7.13. The molecule has 0 aliphatic heterocycles. The zero-order valence-electron chi connectivity index (χ0n) is 9.89. The van der Waals surface area contributed by atoms with Gasteiger partial charge in [-0.1, -0.05) is 31.8 Å². The second-order valence-electron chi connectivity index (χ2n) is 4.44. The van der Waals surface area contributed by atoms with Gasteiger partial charge < -0.3 is 0 Å². The van der Waals surface area contributed by atoms with Crippen LogP contribution in [0.5, 0.6) is 0 Å². The molecule has 17 heavy (non-hydrogen) atoms. The lowest BCUT2D eigenvalue weighted by Crippen LogP contribution is -2.08. The van der Waals surface area contributed by atoms with Crippen molar-refractivity contribution in [3.8, 4) is 0 Å². The van der Waals surface area contributed by atoms with Gasteiger partial charge in [0.05, 0.1) is 0 Å². The number of hydrogen-bond acceptors (Lipinski definition) is 3. The standard InChI is InChI=1S/C13H18N2OS/c16-12(15-13-14-9-10-17-13)8-7-11-5-3-1-2-4-6-11/h7-11H,1-6H2,(H,14,15,16). The molecule has 1 saturated carbocycles. The summed E-state index contributed by atoms with van der Waals surface area (Å²) in [6.45, 7) is 0. The number of amides is 1. The minimum atomic E-state index is -0.0656. The quantitative estimate of drug-likeness (QED) is 0.657. The normalized spacial score (nSPS) is 18.1. The molecule has 1 aromatic rings. The summed E-state index contributed by atoms with van der Waals surface area (Å²) < 4.78 is 0. The maximum Gasteiger partial charge on any atom is 0.249 e. The number of rotatable bonds is 3. The largest absolute Gasteiger partial charge is 0.298 e. The number of aromatic nitrogens is 1. The van der Waals surface area contributed by atoms with E-state index >= 15 is 0 Å². The van der Waals surface area contributed by atoms with Crippen LogP contribution >= 0.6 is 11.3 Å². The fraction of sp³-hybridized carbons (Fsp3) is 0.538. The molecule has 1 fully saturated rings. The van der Waals surface area contributed by atoms with Gasteiger partial charge in [-0.15, -0.1) is 11.3 Å². The second-order valence-corrected chi connectivity index (χ2v) is 5.33. The van der Waals surface area contributed by atoms with Gasteiger partial charge in [0.25, 0.3) is 0 Å². The molecule has 4 heteroatoms. The van der Waals surface area contributed by atoms with Gasteiger partial charge in [-0.3, -0.25) is 10.1 Å². The predicted molar refractivity (Wildman–Crippen MR) is 71.1 cm³/mol. The van der Waals surface area contributed by atoms with Gasteiger partial charge >= 0.3 is 0 Å². The van der Waals surface area contributed by atoms with Crippen molar-refractivity contribution in [3.63, 3.8) is 0 Å². The first-order valence-electron chi connectivity index (χ1n) is 6.23. The summed E-state index contributed by atoms with van der Waals surface area (Å²) in [4.78, 5) is 15.6. The number of thiazole rings is 1. The third-order valence-electron chi connectivity index (χ3n) is 3.08. The Balaban J connectivity index is 1.80. The minimum absolute atomic E-state index is 0.0656. The average Bonchev–Trinajstić information content (AvgIpc) is 2.68. The van der Waals surface area contributed by atoms with E-state index in [1.807, 2.05) is 5.38 Å². The second kappa shape index (κ2) is 6.55. The average molecular weight is 250 g/mol. The molecular formula is C13H18N2OS. The Bertz CT molecular complexity index is 365. The molecule has 1 amide bonds. The van der Waals surface area contributed by atoms with Crippen molar-refractivity contribution < 1.29 is 4.79 Å². The molecule has 0 unspecified atom stereocenters. The van der Waals surface area contributed by atoms with Crippen LogP contribution in [0.15, 0.2) is 23.7 Å². The first-order valence-corrected chi connectivity index (χ1v) is 7.11. The van der Waals surface area contributed by atoms with Gasteiger partial charge in [-0.2, -0.15) is 0 Å². The van der Waals surface area contributed by atoms with Crippen LogP contribution in [0.1, 0.15) is 38.5 Å². The zero-order chi connectivity index (χ0) is 11.9. The minimum Gasteiger partial charge on any atom is -0.298 e. The molecule has 0 radical (unpaired) electrons. The molecule has 3 nitrogen and oxygen atoms in total. The van der Waals surface area contributed by atoms with E-state index < -0.39 is 0 Å². The first-order chi connectivity index (χ1) is 8.34. The Morgan fingerprint density at radius 1 is 1.35 bits per heavy atom. The van der Waals surface area contributed by atoms with Crippen LogP contribution in [0, 0.1) is 5.92 Å². The van der Waals surface area contributed by atoms with Gasteiger partial charge in [0.1, 0.15) is 0 Å². The molecular weight excluding hydrogens is 232 g/mol. The molecule has 1 aliphatic rings. The lowest BCUT2D eigenvalue weighted by molar-refractivity contribution is -0.111. The van der Waals surface area contributed by atoms with E-state index in [1.165, 1.54) is 49.9 Å². The molecule has 1 heterocycles. The smallest absolute Gasteiger partial charge is 0.249 e. The summed E-state index contributed by atoms with van der Waals surface area (Å²) in [5, 5.41) is 5.28. The van der Waals surface area contributed by atoms with Crippen molar-refractivity contribution in [3.05, 3.63) is 23.7 Å². The number of allylic oxidation sites excluding steroid dienone is 1. The predicted octanol–water partition coefficient (Wildman–Crippen LogP) is 3.61. The molecule has 1 aromatic heterocycles. The Morgan fingerprint density at radius 3 is 2.76 bits per heavy atom. The van der Waals surface area contributed by atoms with Crippen molar-refractivity contribution in [2.24, 2.45) is 5.92 Å². The number of anilines is 1.